The van der Waals surface area contributed by atoms with Crippen LogP contribution in [0.5, 0.6) is 0 Å². The zero-order chi connectivity index (χ0) is 18.8. The second-order valence-corrected chi connectivity index (χ2v) is 9.69. The first-order valence-corrected chi connectivity index (χ1v) is 10.7. The summed E-state index contributed by atoms with van der Waals surface area (Å²) in [4.78, 5) is 0. The fraction of sp³-hybridized carbons (Fsp3) is 0.136. The van der Waals surface area contributed by atoms with Crippen LogP contribution in [0.3, 0.4) is 0 Å². The molecule has 0 unspecified atom stereocenters. The molecule has 0 aromatic heterocycles. The van der Waals surface area contributed by atoms with Gasteiger partial charge in [0.25, 0.3) is 0 Å². The van der Waals surface area contributed by atoms with E-state index in [1.165, 1.54) is 0 Å². The van der Waals surface area contributed by atoms with Crippen molar-refractivity contribution in [2.75, 3.05) is 14.2 Å². The first-order valence-electron chi connectivity index (χ1n) is 8.77. The van der Waals surface area contributed by atoms with Crippen LogP contribution in [-0.4, -0.2) is 20.4 Å². The Morgan fingerprint density at radius 2 is 1.15 bits per heavy atom. The van der Waals surface area contributed by atoms with Crippen LogP contribution in [0.1, 0.15) is 11.1 Å². The van der Waals surface area contributed by atoms with Crippen LogP contribution >= 0.6 is 7.43 Å². The molecule has 138 valence electrons. The van der Waals surface area contributed by atoms with Gasteiger partial charge in [-0.1, -0.05) is 0 Å². The second-order valence-electron chi connectivity index (χ2n) is 6.35. The predicted molar refractivity (Wildman–Crippen MR) is 110 cm³/mol. The average Bonchev–Trinajstić information content (AvgIpc) is 3.15. The van der Waals surface area contributed by atoms with Gasteiger partial charge >= 0.3 is 159 Å². The van der Waals surface area contributed by atoms with Crippen LogP contribution in [0, 0.1) is 0 Å². The summed E-state index contributed by atoms with van der Waals surface area (Å²) in [5.41, 5.74) is 1.04. The van der Waals surface area contributed by atoms with E-state index in [0.717, 1.165) is 16.4 Å². The summed E-state index contributed by atoms with van der Waals surface area (Å²) in [6.45, 7) is 0. The molecule has 1 aliphatic heterocycles. The summed E-state index contributed by atoms with van der Waals surface area (Å²) in [5.74, 6) is 0. The molecular weight excluding hydrogens is 357 g/mol. The minimum absolute atomic E-state index is 0.790. The second kappa shape index (κ2) is 6.66. The van der Waals surface area contributed by atoms with E-state index in [9.17, 15) is 0 Å². The summed E-state index contributed by atoms with van der Waals surface area (Å²) in [6.07, 6.45) is 1.83. The molecule has 0 aliphatic carbocycles. The van der Waals surface area contributed by atoms with Gasteiger partial charge in [-0.25, -0.2) is 0 Å². The van der Waals surface area contributed by atoms with Gasteiger partial charge in [0.1, 0.15) is 0 Å². The van der Waals surface area contributed by atoms with Gasteiger partial charge in [-0.3, -0.25) is 0 Å². The van der Waals surface area contributed by atoms with Crippen molar-refractivity contribution >= 4 is 19.0 Å². The Kier molecular flexibility index (Phi) is 4.45. The monoisotopic (exact) mass is 379 g/mol. The predicted octanol–water partition coefficient (Wildman–Crippen LogP) is 4.86. The van der Waals surface area contributed by atoms with Gasteiger partial charge in [-0.05, 0) is 0 Å². The molecule has 4 nitrogen and oxygen atoms in total. The van der Waals surface area contributed by atoms with Crippen molar-refractivity contribution in [1.82, 2.24) is 0 Å². The van der Waals surface area contributed by atoms with E-state index in [1.54, 1.807) is 14.2 Å². The van der Waals surface area contributed by atoms with Crippen molar-refractivity contribution in [3.63, 3.8) is 0 Å². The molecule has 0 saturated carbocycles. The van der Waals surface area contributed by atoms with Crippen molar-refractivity contribution in [2.45, 2.75) is 5.60 Å². The Bertz CT molecular complexity index is 902. The fourth-order valence-corrected chi connectivity index (χ4v) is 6.52. The molecule has 0 spiro atoms. The van der Waals surface area contributed by atoms with Crippen LogP contribution in [0.25, 0.3) is 0 Å². The van der Waals surface area contributed by atoms with Gasteiger partial charge in [0.2, 0.25) is 0 Å². The van der Waals surface area contributed by atoms with E-state index in [2.05, 4.69) is 0 Å². The van der Waals surface area contributed by atoms with Crippen molar-refractivity contribution in [2.24, 2.45) is 4.76 Å². The number of benzene rings is 3. The van der Waals surface area contributed by atoms with Crippen molar-refractivity contribution in [3.05, 3.63) is 102 Å². The Morgan fingerprint density at radius 3 is 1.59 bits per heavy atom. The standard InChI is InChI=1S/C22H22NO3P/c1-24-27(25-2,21-16-10-5-11-17-21)23-18-22(26-27,19-12-6-3-7-13-19)20-14-8-4-9-15-20/h3-18H,1-2H3. The molecule has 4 rings (SSSR count). The van der Waals surface area contributed by atoms with Gasteiger partial charge in [-0.2, -0.15) is 0 Å². The Hall–Kier alpha value is -2.36. The quantitative estimate of drug-likeness (QED) is 0.594. The van der Waals surface area contributed by atoms with Crippen LogP contribution in [0.2, 0.25) is 0 Å². The molecule has 0 fully saturated rings. The van der Waals surface area contributed by atoms with Gasteiger partial charge in [0, 0.05) is 0 Å². The molecule has 5 heteroatoms. The number of nitrogens with zero attached hydrogens (tertiary/aromatic N) is 1. The third-order valence-corrected chi connectivity index (χ3v) is 8.55. The van der Waals surface area contributed by atoms with E-state index < -0.39 is 13.0 Å². The van der Waals surface area contributed by atoms with Crippen molar-refractivity contribution in [3.8, 4) is 0 Å². The fourth-order valence-electron chi connectivity index (χ4n) is 3.53. The van der Waals surface area contributed by atoms with E-state index in [1.807, 2.05) is 97.2 Å². The summed E-state index contributed by atoms with van der Waals surface area (Å²) in [7, 11) is -0.746. The van der Waals surface area contributed by atoms with Crippen molar-refractivity contribution in [1.29, 1.82) is 0 Å². The molecule has 0 bridgehead atoms. The maximum atomic E-state index is 6.84. The normalized spacial score (nSPS) is 20.6. The van der Waals surface area contributed by atoms with Crippen LogP contribution in [-0.2, 0) is 19.2 Å². The van der Waals surface area contributed by atoms with E-state index in [0.29, 0.717) is 0 Å². The molecule has 0 amide bonds. The van der Waals surface area contributed by atoms with Crippen LogP contribution < -0.4 is 5.30 Å². The molecule has 0 radical (unpaired) electrons. The summed E-state index contributed by atoms with van der Waals surface area (Å²) in [6, 6.07) is 29.8. The van der Waals surface area contributed by atoms with Crippen LogP contribution in [0.15, 0.2) is 95.8 Å². The number of hydrogen-bond acceptors (Lipinski definition) is 4. The zero-order valence-electron chi connectivity index (χ0n) is 15.4. The molecule has 27 heavy (non-hydrogen) atoms. The molecular formula is C22H22NO3P. The van der Waals surface area contributed by atoms with Gasteiger partial charge in [-0.15, -0.1) is 0 Å². The van der Waals surface area contributed by atoms with Gasteiger partial charge in [0.05, 0.1) is 0 Å². The number of rotatable bonds is 5. The first kappa shape index (κ1) is 18.0. The Balaban J connectivity index is 1.96. The van der Waals surface area contributed by atoms with E-state index >= 15 is 0 Å². The molecule has 3 aromatic rings. The molecule has 3 aromatic carbocycles. The SMILES string of the molecule is COP1(OC)(c2ccccc2)N=CC(c2ccccc2)(c2ccccc2)O1. The summed E-state index contributed by atoms with van der Waals surface area (Å²) in [5, 5.41) is 0.790. The molecule has 1 heterocycles. The van der Waals surface area contributed by atoms with E-state index in [4.69, 9.17) is 18.3 Å². The minimum atomic E-state index is -3.94. The third kappa shape index (κ3) is 2.65. The van der Waals surface area contributed by atoms with Crippen molar-refractivity contribution < 1.29 is 13.6 Å². The molecule has 1 aliphatic rings. The summed E-state index contributed by atoms with van der Waals surface area (Å²) >= 11 is 0. The number of hydrogen-bond donors (Lipinski definition) is 0. The molecule has 0 N–H and O–H groups in total. The first-order chi connectivity index (χ1) is 13.2. The van der Waals surface area contributed by atoms with Gasteiger partial charge in [0.15, 0.2) is 0 Å². The topological polar surface area (TPSA) is 40.0 Å². The van der Waals surface area contributed by atoms with Crippen LogP contribution in [0.4, 0.5) is 0 Å². The average molecular weight is 379 g/mol. The Morgan fingerprint density at radius 1 is 0.704 bits per heavy atom. The van der Waals surface area contributed by atoms with Gasteiger partial charge < -0.3 is 0 Å². The maximum absolute atomic E-state index is 6.84. The third-order valence-electron chi connectivity index (χ3n) is 4.98. The zero-order valence-corrected chi connectivity index (χ0v) is 16.3. The Labute approximate surface area is 159 Å². The molecule has 0 atom stereocenters. The van der Waals surface area contributed by atoms with E-state index in [-0.39, 0.29) is 0 Å². The summed E-state index contributed by atoms with van der Waals surface area (Å²) < 4.78 is 23.7. The molecule has 0 saturated heterocycles.